The third-order valence-corrected chi connectivity index (χ3v) is 6.89. The number of methoxy groups -OCH3 is 1. The van der Waals surface area contributed by atoms with Gasteiger partial charge in [-0.25, -0.2) is 4.39 Å². The molecule has 2 amide bonds. The van der Waals surface area contributed by atoms with E-state index in [1.54, 1.807) is 30.2 Å². The van der Waals surface area contributed by atoms with E-state index in [4.69, 9.17) is 4.74 Å². The summed E-state index contributed by atoms with van der Waals surface area (Å²) >= 11 is 0. The molecule has 2 aromatic carbocycles. The summed E-state index contributed by atoms with van der Waals surface area (Å²) in [5, 5.41) is 3.18. The summed E-state index contributed by atoms with van der Waals surface area (Å²) in [6.07, 6.45) is 2.20. The van der Waals surface area contributed by atoms with E-state index in [1.165, 1.54) is 12.1 Å². The van der Waals surface area contributed by atoms with Crippen LogP contribution in [0.5, 0.6) is 0 Å². The minimum atomic E-state index is -0.599. The van der Waals surface area contributed by atoms with Crippen LogP contribution in [-0.2, 0) is 9.53 Å². The highest BCUT2D eigenvalue weighted by Crippen LogP contribution is 2.42. The highest BCUT2D eigenvalue weighted by atomic mass is 19.1. The monoisotopic (exact) mass is 453 g/mol. The number of likely N-dealkylation sites (N-methyl/N-ethyl adjacent to an activating group) is 1. The van der Waals surface area contributed by atoms with Crippen molar-refractivity contribution in [3.63, 3.8) is 0 Å². The van der Waals surface area contributed by atoms with Gasteiger partial charge in [-0.1, -0.05) is 37.3 Å². The molecule has 0 radical (unpaired) electrons. The van der Waals surface area contributed by atoms with E-state index in [2.05, 4.69) is 17.1 Å². The van der Waals surface area contributed by atoms with Crippen LogP contribution in [0.25, 0.3) is 0 Å². The first-order valence-corrected chi connectivity index (χ1v) is 11.7. The van der Waals surface area contributed by atoms with Crippen LogP contribution in [0.3, 0.4) is 0 Å². The van der Waals surface area contributed by atoms with Crippen LogP contribution >= 0.6 is 0 Å². The number of hydrogen-bond donors (Lipinski definition) is 1. The molecule has 3 atom stereocenters. The molecule has 0 spiro atoms. The van der Waals surface area contributed by atoms with Crippen LogP contribution in [0, 0.1) is 5.82 Å². The van der Waals surface area contributed by atoms with E-state index in [0.717, 1.165) is 31.5 Å². The standard InChI is InChI=1S/C26H32FN3O3/c1-3-29-14-6-7-20(29)17-28-25(31)23-21-8-4-5-9-22(21)26(32)30(15-16-33-2)24(23)18-10-12-19(27)13-11-18/h4-5,8-13,20,23-24H,3,6-7,14-17H2,1-2H3,(H,28,31)/t20-,23+,24+/m1/s1. The van der Waals surface area contributed by atoms with Crippen LogP contribution in [0.4, 0.5) is 4.39 Å². The van der Waals surface area contributed by atoms with E-state index < -0.39 is 12.0 Å². The molecule has 176 valence electrons. The smallest absolute Gasteiger partial charge is 0.254 e. The third-order valence-electron chi connectivity index (χ3n) is 6.89. The minimum Gasteiger partial charge on any atom is -0.383 e. The van der Waals surface area contributed by atoms with Gasteiger partial charge >= 0.3 is 0 Å². The molecule has 1 fully saturated rings. The Balaban J connectivity index is 1.70. The average molecular weight is 454 g/mol. The Labute approximate surface area is 194 Å². The Morgan fingerprint density at radius 2 is 1.94 bits per heavy atom. The van der Waals surface area contributed by atoms with Crippen molar-refractivity contribution in [2.75, 3.05) is 39.9 Å². The number of nitrogens with one attached hydrogen (secondary N) is 1. The van der Waals surface area contributed by atoms with Gasteiger partial charge < -0.3 is 15.0 Å². The number of likely N-dealkylation sites (tertiary alicyclic amines) is 1. The zero-order valence-electron chi connectivity index (χ0n) is 19.3. The molecule has 6 nitrogen and oxygen atoms in total. The normalized spacial score (nSPS) is 22.9. The molecular formula is C26H32FN3O3. The Kier molecular flexibility index (Phi) is 7.40. The SMILES string of the molecule is CCN1CCC[C@@H]1CNC(=O)[C@H]1c2ccccc2C(=O)N(CCOC)[C@H]1c1ccc(F)cc1. The summed E-state index contributed by atoms with van der Waals surface area (Å²) in [4.78, 5) is 31.2. The molecule has 0 unspecified atom stereocenters. The lowest BCUT2D eigenvalue weighted by atomic mass is 9.79. The first-order valence-electron chi connectivity index (χ1n) is 11.7. The van der Waals surface area contributed by atoms with Crippen molar-refractivity contribution in [2.45, 2.75) is 37.8 Å². The second-order valence-electron chi connectivity index (χ2n) is 8.72. The van der Waals surface area contributed by atoms with Crippen molar-refractivity contribution in [1.82, 2.24) is 15.1 Å². The van der Waals surface area contributed by atoms with Crippen molar-refractivity contribution in [1.29, 1.82) is 0 Å². The van der Waals surface area contributed by atoms with Crippen LogP contribution in [0.1, 0.15) is 53.2 Å². The van der Waals surface area contributed by atoms with Crippen LogP contribution in [-0.4, -0.2) is 67.6 Å². The van der Waals surface area contributed by atoms with Gasteiger partial charge in [0.15, 0.2) is 0 Å². The number of amides is 2. The predicted molar refractivity (Wildman–Crippen MR) is 125 cm³/mol. The molecule has 7 heteroatoms. The molecule has 0 aromatic heterocycles. The summed E-state index contributed by atoms with van der Waals surface area (Å²) in [5.41, 5.74) is 1.97. The zero-order chi connectivity index (χ0) is 23.4. The Bertz CT molecular complexity index is 981. The summed E-state index contributed by atoms with van der Waals surface area (Å²) in [5.74, 6) is -1.21. The predicted octanol–water partition coefficient (Wildman–Crippen LogP) is 3.35. The van der Waals surface area contributed by atoms with Crippen LogP contribution in [0.15, 0.2) is 48.5 Å². The molecule has 2 aliphatic heterocycles. The Morgan fingerprint density at radius 3 is 2.67 bits per heavy atom. The second kappa shape index (κ2) is 10.4. The lowest BCUT2D eigenvalue weighted by Crippen LogP contribution is -2.49. The molecule has 0 saturated carbocycles. The van der Waals surface area contributed by atoms with Crippen molar-refractivity contribution >= 4 is 11.8 Å². The molecule has 1 saturated heterocycles. The quantitative estimate of drug-likeness (QED) is 0.666. The number of halogens is 1. The fraction of sp³-hybridized carbons (Fsp3) is 0.462. The Morgan fingerprint density at radius 1 is 1.18 bits per heavy atom. The first-order chi connectivity index (χ1) is 16.0. The number of carbonyl (C=O) groups excluding carboxylic acids is 2. The number of hydrogen-bond acceptors (Lipinski definition) is 4. The van der Waals surface area contributed by atoms with Crippen molar-refractivity contribution in [3.05, 3.63) is 71.0 Å². The second-order valence-corrected chi connectivity index (χ2v) is 8.72. The van der Waals surface area contributed by atoms with E-state index in [9.17, 15) is 14.0 Å². The zero-order valence-corrected chi connectivity index (χ0v) is 19.3. The van der Waals surface area contributed by atoms with Crippen molar-refractivity contribution in [2.24, 2.45) is 0 Å². The molecule has 1 N–H and O–H groups in total. The van der Waals surface area contributed by atoms with E-state index in [-0.39, 0.29) is 17.6 Å². The molecular weight excluding hydrogens is 421 g/mol. The maximum absolute atomic E-state index is 13.7. The average Bonchev–Trinajstić information content (AvgIpc) is 3.30. The number of nitrogens with zero attached hydrogens (tertiary/aromatic N) is 2. The van der Waals surface area contributed by atoms with Crippen molar-refractivity contribution in [3.8, 4) is 0 Å². The first kappa shape index (κ1) is 23.4. The summed E-state index contributed by atoms with van der Waals surface area (Å²) < 4.78 is 19.0. The largest absolute Gasteiger partial charge is 0.383 e. The minimum absolute atomic E-state index is 0.116. The summed E-state index contributed by atoms with van der Waals surface area (Å²) in [7, 11) is 1.58. The van der Waals surface area contributed by atoms with Gasteiger partial charge in [0.1, 0.15) is 5.82 Å². The van der Waals surface area contributed by atoms with E-state index in [0.29, 0.717) is 36.9 Å². The van der Waals surface area contributed by atoms with Gasteiger partial charge in [0.2, 0.25) is 5.91 Å². The van der Waals surface area contributed by atoms with Crippen LogP contribution < -0.4 is 5.32 Å². The fourth-order valence-corrected chi connectivity index (χ4v) is 5.21. The van der Waals surface area contributed by atoms with Gasteiger partial charge in [0.25, 0.3) is 5.91 Å². The van der Waals surface area contributed by atoms with Gasteiger partial charge in [0, 0.05) is 31.8 Å². The van der Waals surface area contributed by atoms with Gasteiger partial charge in [-0.05, 0) is 55.3 Å². The fourth-order valence-electron chi connectivity index (χ4n) is 5.21. The Hall–Kier alpha value is -2.77. The maximum atomic E-state index is 13.7. The van der Waals surface area contributed by atoms with Gasteiger partial charge in [-0.2, -0.15) is 0 Å². The lowest BCUT2D eigenvalue weighted by molar-refractivity contribution is -0.124. The molecule has 4 rings (SSSR count). The van der Waals surface area contributed by atoms with Crippen molar-refractivity contribution < 1.29 is 18.7 Å². The molecule has 2 heterocycles. The molecule has 2 aliphatic rings. The number of ether oxygens (including phenoxy) is 1. The number of benzene rings is 2. The highest BCUT2D eigenvalue weighted by molar-refractivity contribution is 6.01. The highest BCUT2D eigenvalue weighted by Gasteiger charge is 2.44. The summed E-state index contributed by atoms with van der Waals surface area (Å²) in [6, 6.07) is 13.2. The number of carbonyl (C=O) groups is 2. The number of fused-ring (bicyclic) bond motifs is 1. The molecule has 33 heavy (non-hydrogen) atoms. The van der Waals surface area contributed by atoms with E-state index in [1.807, 2.05) is 18.2 Å². The molecule has 0 bridgehead atoms. The van der Waals surface area contributed by atoms with E-state index >= 15 is 0 Å². The van der Waals surface area contributed by atoms with Gasteiger partial charge in [-0.15, -0.1) is 0 Å². The number of rotatable bonds is 8. The lowest BCUT2D eigenvalue weighted by Gasteiger charge is -2.42. The summed E-state index contributed by atoms with van der Waals surface area (Å²) in [6.45, 7) is 5.41. The molecule has 0 aliphatic carbocycles. The maximum Gasteiger partial charge on any atom is 0.254 e. The van der Waals surface area contributed by atoms with Crippen LogP contribution in [0.2, 0.25) is 0 Å². The topological polar surface area (TPSA) is 61.9 Å². The van der Waals surface area contributed by atoms with Gasteiger partial charge in [0.05, 0.1) is 18.6 Å². The molecule has 2 aromatic rings. The third kappa shape index (κ3) is 4.80. The van der Waals surface area contributed by atoms with Gasteiger partial charge in [-0.3, -0.25) is 14.5 Å².